The molecule has 2 rings (SSSR count). The van der Waals surface area contributed by atoms with Crippen molar-refractivity contribution in [1.29, 1.82) is 0 Å². The van der Waals surface area contributed by atoms with Crippen LogP contribution in [0, 0.1) is 6.92 Å². The first-order valence-corrected chi connectivity index (χ1v) is 9.26. The Hall–Kier alpha value is -1.74. The molecule has 128 valence electrons. The van der Waals surface area contributed by atoms with Crippen LogP contribution in [-0.4, -0.2) is 72.5 Å². The molecule has 0 spiro atoms. The van der Waals surface area contributed by atoms with Crippen molar-refractivity contribution >= 4 is 15.9 Å². The second-order valence-electron chi connectivity index (χ2n) is 5.68. The standard InChI is InChI=1S/C14H22N4O4S/c1-11-15-7-6-13(16-11)22-12-5-4-8-18(9-12)14(19)10-17(2)23(3,20)21/h6-7,12H,4-5,8-10H2,1-3H3. The predicted octanol–water partition coefficient (Wildman–Crippen LogP) is 0.0462. The average molecular weight is 342 g/mol. The molecule has 1 aliphatic rings. The summed E-state index contributed by atoms with van der Waals surface area (Å²) in [5.41, 5.74) is 0. The minimum absolute atomic E-state index is 0.148. The number of carbonyl (C=O) groups is 1. The Bertz CT molecular complexity index is 664. The third kappa shape index (κ3) is 5.14. The first-order valence-electron chi connectivity index (χ1n) is 7.41. The SMILES string of the molecule is Cc1nccc(OC2CCCN(C(=O)CN(C)S(C)(=O)=O)C2)n1. The highest BCUT2D eigenvalue weighted by atomic mass is 32.2. The Labute approximate surface area is 136 Å². The molecule has 1 amide bonds. The van der Waals surface area contributed by atoms with E-state index >= 15 is 0 Å². The molecule has 1 atom stereocenters. The number of ether oxygens (including phenoxy) is 1. The van der Waals surface area contributed by atoms with E-state index in [4.69, 9.17) is 4.74 Å². The monoisotopic (exact) mass is 342 g/mol. The molecule has 1 unspecified atom stereocenters. The van der Waals surface area contributed by atoms with Gasteiger partial charge < -0.3 is 9.64 Å². The van der Waals surface area contributed by atoms with Gasteiger partial charge >= 0.3 is 0 Å². The molecule has 1 fully saturated rings. The molecule has 9 heteroatoms. The van der Waals surface area contributed by atoms with Gasteiger partial charge in [0, 0.05) is 25.9 Å². The summed E-state index contributed by atoms with van der Waals surface area (Å²) in [6.07, 6.45) is 4.20. The lowest BCUT2D eigenvalue weighted by atomic mass is 10.1. The molecule has 0 bridgehead atoms. The van der Waals surface area contributed by atoms with Gasteiger partial charge in [-0.2, -0.15) is 9.29 Å². The van der Waals surface area contributed by atoms with E-state index in [0.717, 1.165) is 23.4 Å². The van der Waals surface area contributed by atoms with Gasteiger partial charge in [-0.05, 0) is 19.8 Å². The van der Waals surface area contributed by atoms with Crippen LogP contribution >= 0.6 is 0 Å². The van der Waals surface area contributed by atoms with Gasteiger partial charge in [0.1, 0.15) is 11.9 Å². The number of sulfonamides is 1. The highest BCUT2D eigenvalue weighted by Gasteiger charge is 2.27. The van der Waals surface area contributed by atoms with Gasteiger partial charge in [-0.15, -0.1) is 0 Å². The van der Waals surface area contributed by atoms with Crippen molar-refractivity contribution in [3.05, 3.63) is 18.1 Å². The Morgan fingerprint density at radius 1 is 1.52 bits per heavy atom. The summed E-state index contributed by atoms with van der Waals surface area (Å²) in [7, 11) is -1.97. The molecule has 23 heavy (non-hydrogen) atoms. The maximum atomic E-state index is 12.2. The minimum atomic E-state index is -3.37. The zero-order valence-electron chi connectivity index (χ0n) is 13.6. The van der Waals surface area contributed by atoms with Crippen LogP contribution < -0.4 is 4.74 Å². The number of piperidine rings is 1. The molecular formula is C14H22N4O4S. The summed E-state index contributed by atoms with van der Waals surface area (Å²) < 4.78 is 29.7. The summed E-state index contributed by atoms with van der Waals surface area (Å²) in [5, 5.41) is 0. The highest BCUT2D eigenvalue weighted by molar-refractivity contribution is 7.88. The summed E-state index contributed by atoms with van der Waals surface area (Å²) in [6, 6.07) is 1.69. The second-order valence-corrected chi connectivity index (χ2v) is 7.77. The van der Waals surface area contributed by atoms with Crippen molar-refractivity contribution in [3.8, 4) is 5.88 Å². The predicted molar refractivity (Wildman–Crippen MR) is 84.5 cm³/mol. The van der Waals surface area contributed by atoms with Gasteiger partial charge in [0.15, 0.2) is 0 Å². The van der Waals surface area contributed by atoms with Crippen LogP contribution in [0.2, 0.25) is 0 Å². The number of rotatable bonds is 5. The van der Waals surface area contributed by atoms with Crippen LogP contribution in [0.25, 0.3) is 0 Å². The molecule has 8 nitrogen and oxygen atoms in total. The first-order chi connectivity index (χ1) is 10.8. The lowest BCUT2D eigenvalue weighted by Gasteiger charge is -2.33. The van der Waals surface area contributed by atoms with E-state index in [-0.39, 0.29) is 18.6 Å². The molecule has 2 heterocycles. The van der Waals surface area contributed by atoms with Crippen molar-refractivity contribution in [3.63, 3.8) is 0 Å². The van der Waals surface area contributed by atoms with Crippen LogP contribution in [0.3, 0.4) is 0 Å². The number of likely N-dealkylation sites (N-methyl/N-ethyl adjacent to an activating group) is 1. The fourth-order valence-corrected chi connectivity index (χ4v) is 2.68. The Morgan fingerprint density at radius 2 is 2.26 bits per heavy atom. The normalized spacial score (nSPS) is 19.0. The quantitative estimate of drug-likeness (QED) is 0.750. The summed E-state index contributed by atoms with van der Waals surface area (Å²) in [6.45, 7) is 2.67. The summed E-state index contributed by atoms with van der Waals surface area (Å²) in [4.78, 5) is 22.1. The fourth-order valence-electron chi connectivity index (χ4n) is 2.34. The van der Waals surface area contributed by atoms with Gasteiger partial charge in [-0.1, -0.05) is 0 Å². The topological polar surface area (TPSA) is 92.7 Å². The van der Waals surface area contributed by atoms with Crippen molar-refractivity contribution in [2.45, 2.75) is 25.9 Å². The average Bonchev–Trinajstić information content (AvgIpc) is 2.46. The van der Waals surface area contributed by atoms with Gasteiger partial charge in [-0.3, -0.25) is 4.79 Å². The van der Waals surface area contributed by atoms with Gasteiger partial charge in [0.25, 0.3) is 0 Å². The molecule has 0 aromatic carbocycles. The van der Waals surface area contributed by atoms with E-state index < -0.39 is 10.0 Å². The van der Waals surface area contributed by atoms with Crippen LogP contribution in [-0.2, 0) is 14.8 Å². The number of likely N-dealkylation sites (tertiary alicyclic amines) is 1. The number of hydrogen-bond acceptors (Lipinski definition) is 6. The van der Waals surface area contributed by atoms with Crippen molar-refractivity contribution in [1.82, 2.24) is 19.2 Å². The second kappa shape index (κ2) is 7.22. The molecular weight excluding hydrogens is 320 g/mol. The summed E-state index contributed by atoms with van der Waals surface area (Å²) in [5.74, 6) is 0.899. The van der Waals surface area contributed by atoms with E-state index in [1.54, 1.807) is 24.1 Å². The fraction of sp³-hybridized carbons (Fsp3) is 0.643. The van der Waals surface area contributed by atoms with Crippen LogP contribution in [0.5, 0.6) is 5.88 Å². The van der Waals surface area contributed by atoms with Gasteiger partial charge in [0.05, 0.1) is 19.3 Å². The van der Waals surface area contributed by atoms with Crippen LogP contribution in [0.15, 0.2) is 12.3 Å². The smallest absolute Gasteiger partial charge is 0.238 e. The van der Waals surface area contributed by atoms with Gasteiger partial charge in [0.2, 0.25) is 21.8 Å². The summed E-state index contributed by atoms with van der Waals surface area (Å²) >= 11 is 0. The number of amides is 1. The number of nitrogens with zero attached hydrogens (tertiary/aromatic N) is 4. The molecule has 0 saturated carbocycles. The van der Waals surface area contributed by atoms with Crippen molar-refractivity contribution < 1.29 is 17.9 Å². The first kappa shape index (κ1) is 17.6. The third-order valence-electron chi connectivity index (χ3n) is 3.69. The van der Waals surface area contributed by atoms with Crippen molar-refractivity contribution in [2.75, 3.05) is 32.9 Å². The van der Waals surface area contributed by atoms with E-state index in [1.807, 2.05) is 0 Å². The molecule has 0 radical (unpaired) electrons. The Morgan fingerprint density at radius 3 is 2.91 bits per heavy atom. The zero-order chi connectivity index (χ0) is 17.0. The number of aromatic nitrogens is 2. The molecule has 1 aromatic rings. The van der Waals surface area contributed by atoms with E-state index in [1.165, 1.54) is 7.05 Å². The molecule has 0 aliphatic carbocycles. The molecule has 1 aromatic heterocycles. The van der Waals surface area contributed by atoms with Crippen LogP contribution in [0.1, 0.15) is 18.7 Å². The lowest BCUT2D eigenvalue weighted by molar-refractivity contribution is -0.133. The Kier molecular flexibility index (Phi) is 5.53. The minimum Gasteiger partial charge on any atom is -0.472 e. The molecule has 1 saturated heterocycles. The zero-order valence-corrected chi connectivity index (χ0v) is 14.4. The molecule has 1 aliphatic heterocycles. The third-order valence-corrected chi connectivity index (χ3v) is 4.95. The maximum Gasteiger partial charge on any atom is 0.238 e. The number of carbonyl (C=O) groups excluding carboxylic acids is 1. The van der Waals surface area contributed by atoms with Gasteiger partial charge in [-0.25, -0.2) is 13.4 Å². The lowest BCUT2D eigenvalue weighted by Crippen LogP contribution is -2.48. The molecule has 0 N–H and O–H groups in total. The van der Waals surface area contributed by atoms with E-state index in [2.05, 4.69) is 9.97 Å². The van der Waals surface area contributed by atoms with E-state index in [9.17, 15) is 13.2 Å². The van der Waals surface area contributed by atoms with Crippen LogP contribution in [0.4, 0.5) is 0 Å². The number of aryl methyl sites for hydroxylation is 1. The van der Waals surface area contributed by atoms with E-state index in [0.29, 0.717) is 24.8 Å². The number of hydrogen-bond donors (Lipinski definition) is 0. The maximum absolute atomic E-state index is 12.2. The largest absolute Gasteiger partial charge is 0.472 e. The Balaban J connectivity index is 1.94. The van der Waals surface area contributed by atoms with Crippen molar-refractivity contribution in [2.24, 2.45) is 0 Å². The highest BCUT2D eigenvalue weighted by Crippen LogP contribution is 2.17.